The highest BCUT2D eigenvalue weighted by atomic mass is 16.5. The number of rotatable bonds is 4. The van der Waals surface area contributed by atoms with E-state index in [2.05, 4.69) is 40.5 Å². The molecule has 0 radical (unpaired) electrons. The lowest BCUT2D eigenvalue weighted by molar-refractivity contribution is 0.0663. The number of likely N-dealkylation sites (tertiary alicyclic amines) is 1. The van der Waals surface area contributed by atoms with Gasteiger partial charge in [-0.3, -0.25) is 9.89 Å². The van der Waals surface area contributed by atoms with Crippen LogP contribution < -0.4 is 0 Å². The molecule has 1 unspecified atom stereocenters. The predicted octanol–water partition coefficient (Wildman–Crippen LogP) is 3.40. The lowest BCUT2D eigenvalue weighted by Crippen LogP contribution is -2.40. The van der Waals surface area contributed by atoms with Gasteiger partial charge in [-0.25, -0.2) is 0 Å². The van der Waals surface area contributed by atoms with Crippen LogP contribution in [0.1, 0.15) is 53.2 Å². The molecule has 0 spiro atoms. The zero-order valence-corrected chi connectivity index (χ0v) is 15.2. The van der Waals surface area contributed by atoms with Gasteiger partial charge in [-0.2, -0.15) is 5.10 Å². The van der Waals surface area contributed by atoms with Crippen LogP contribution in [0.2, 0.25) is 0 Å². The number of ether oxygens (including phenoxy) is 1. The van der Waals surface area contributed by atoms with E-state index < -0.39 is 0 Å². The smallest absolute Gasteiger partial charge is 0.257 e. The lowest BCUT2D eigenvalue weighted by Gasteiger charge is -2.33. The average molecular weight is 353 g/mol. The van der Waals surface area contributed by atoms with Crippen molar-refractivity contribution in [1.82, 2.24) is 15.1 Å². The largest absolute Gasteiger partial charge is 0.381 e. The number of aromatic amines is 1. The normalized spacial score (nSPS) is 21.7. The van der Waals surface area contributed by atoms with Crippen molar-refractivity contribution in [3.63, 3.8) is 0 Å². The third-order valence-electron chi connectivity index (χ3n) is 5.70. The Labute approximate surface area is 154 Å². The Kier molecular flexibility index (Phi) is 5.34. The van der Waals surface area contributed by atoms with Gasteiger partial charge >= 0.3 is 0 Å². The van der Waals surface area contributed by atoms with Crippen molar-refractivity contribution < 1.29 is 9.53 Å². The van der Waals surface area contributed by atoms with Crippen LogP contribution in [-0.4, -0.2) is 47.3 Å². The number of hydrogen-bond acceptors (Lipinski definition) is 3. The maximum atomic E-state index is 13.2. The SMILES string of the molecule is O=C(c1cn[nH]c1C1CCOCC1)N1CCCC(Cc2ccccc2)C1. The number of amides is 1. The molecule has 2 saturated heterocycles. The number of carbonyl (C=O) groups excluding carboxylic acids is 1. The summed E-state index contributed by atoms with van der Waals surface area (Å²) in [4.78, 5) is 15.2. The molecule has 138 valence electrons. The van der Waals surface area contributed by atoms with Gasteiger partial charge in [-0.1, -0.05) is 30.3 Å². The van der Waals surface area contributed by atoms with Crippen LogP contribution >= 0.6 is 0 Å². The highest BCUT2D eigenvalue weighted by Gasteiger charge is 2.29. The standard InChI is InChI=1S/C21H27N3O2/c25-21(19-14-22-23-20(19)18-8-11-26-12-9-18)24-10-4-7-17(15-24)13-16-5-2-1-3-6-16/h1-3,5-6,14,17-18H,4,7-13,15H2,(H,22,23). The summed E-state index contributed by atoms with van der Waals surface area (Å²) in [5.74, 6) is 1.03. The fourth-order valence-corrected chi connectivity index (χ4v) is 4.30. The second-order valence-electron chi connectivity index (χ2n) is 7.53. The molecule has 1 N–H and O–H groups in total. The molecular weight excluding hydrogens is 326 g/mol. The zero-order chi connectivity index (χ0) is 17.8. The van der Waals surface area contributed by atoms with Gasteiger partial charge in [0.2, 0.25) is 0 Å². The van der Waals surface area contributed by atoms with E-state index in [0.717, 1.165) is 63.2 Å². The van der Waals surface area contributed by atoms with Crippen molar-refractivity contribution in [1.29, 1.82) is 0 Å². The first-order valence-electron chi connectivity index (χ1n) is 9.75. The second-order valence-corrected chi connectivity index (χ2v) is 7.53. The van der Waals surface area contributed by atoms with Crippen LogP contribution in [0.3, 0.4) is 0 Å². The zero-order valence-electron chi connectivity index (χ0n) is 15.2. The molecule has 1 aromatic carbocycles. The molecule has 4 rings (SSSR count). The summed E-state index contributed by atoms with van der Waals surface area (Å²) in [5, 5.41) is 7.28. The Morgan fingerprint density at radius 2 is 2.00 bits per heavy atom. The summed E-state index contributed by atoms with van der Waals surface area (Å²) in [6, 6.07) is 10.6. The van der Waals surface area contributed by atoms with Crippen LogP contribution in [0.5, 0.6) is 0 Å². The molecular formula is C21H27N3O2. The Balaban J connectivity index is 1.44. The van der Waals surface area contributed by atoms with Gasteiger partial charge < -0.3 is 9.64 Å². The number of piperidine rings is 1. The highest BCUT2D eigenvalue weighted by Crippen LogP contribution is 2.29. The topological polar surface area (TPSA) is 58.2 Å². The average Bonchev–Trinajstić information content (AvgIpc) is 3.19. The summed E-state index contributed by atoms with van der Waals surface area (Å²) >= 11 is 0. The predicted molar refractivity (Wildman–Crippen MR) is 100 cm³/mol. The minimum absolute atomic E-state index is 0.137. The second kappa shape index (κ2) is 8.04. The minimum Gasteiger partial charge on any atom is -0.381 e. The Hall–Kier alpha value is -2.14. The van der Waals surface area contributed by atoms with E-state index in [-0.39, 0.29) is 5.91 Å². The van der Waals surface area contributed by atoms with Gasteiger partial charge in [0.25, 0.3) is 5.91 Å². The summed E-state index contributed by atoms with van der Waals surface area (Å²) in [6.45, 7) is 3.22. The van der Waals surface area contributed by atoms with Crippen molar-refractivity contribution in [2.24, 2.45) is 5.92 Å². The van der Waals surface area contributed by atoms with Gasteiger partial charge in [0.15, 0.2) is 0 Å². The van der Waals surface area contributed by atoms with Crippen molar-refractivity contribution in [3.8, 4) is 0 Å². The quantitative estimate of drug-likeness (QED) is 0.916. The molecule has 2 aliphatic heterocycles. The molecule has 0 saturated carbocycles. The van der Waals surface area contributed by atoms with Crippen LogP contribution in [-0.2, 0) is 11.2 Å². The molecule has 2 aromatic rings. The molecule has 0 bridgehead atoms. The Bertz CT molecular complexity index is 722. The number of H-pyrrole nitrogens is 1. The van der Waals surface area contributed by atoms with Gasteiger partial charge in [0, 0.05) is 32.2 Å². The van der Waals surface area contributed by atoms with E-state index in [1.807, 2.05) is 4.90 Å². The number of carbonyl (C=O) groups is 1. The summed E-state index contributed by atoms with van der Waals surface area (Å²) in [5.41, 5.74) is 3.12. The van der Waals surface area contributed by atoms with E-state index in [1.54, 1.807) is 6.20 Å². The van der Waals surface area contributed by atoms with E-state index in [0.29, 0.717) is 11.8 Å². The van der Waals surface area contributed by atoms with E-state index in [1.165, 1.54) is 12.0 Å². The number of nitrogens with zero attached hydrogens (tertiary/aromatic N) is 2. The fourth-order valence-electron chi connectivity index (χ4n) is 4.30. The molecule has 2 fully saturated rings. The van der Waals surface area contributed by atoms with Crippen molar-refractivity contribution >= 4 is 5.91 Å². The molecule has 1 amide bonds. The maximum Gasteiger partial charge on any atom is 0.257 e. The number of aromatic nitrogens is 2. The van der Waals surface area contributed by atoms with Gasteiger partial charge in [-0.05, 0) is 43.6 Å². The summed E-state index contributed by atoms with van der Waals surface area (Å²) in [7, 11) is 0. The first-order valence-corrected chi connectivity index (χ1v) is 9.75. The first-order chi connectivity index (χ1) is 12.8. The highest BCUT2D eigenvalue weighted by molar-refractivity contribution is 5.95. The third-order valence-corrected chi connectivity index (χ3v) is 5.70. The number of nitrogens with one attached hydrogen (secondary N) is 1. The molecule has 5 nitrogen and oxygen atoms in total. The van der Waals surface area contributed by atoms with Crippen LogP contribution in [0.25, 0.3) is 0 Å². The monoisotopic (exact) mass is 353 g/mol. The van der Waals surface area contributed by atoms with Crippen LogP contribution in [0.4, 0.5) is 0 Å². The summed E-state index contributed by atoms with van der Waals surface area (Å²) in [6.07, 6.45) is 6.94. The molecule has 5 heteroatoms. The third kappa shape index (κ3) is 3.83. The van der Waals surface area contributed by atoms with Crippen molar-refractivity contribution in [3.05, 3.63) is 53.3 Å². The van der Waals surface area contributed by atoms with Gasteiger partial charge in [0.05, 0.1) is 17.5 Å². The fraction of sp³-hybridized carbons (Fsp3) is 0.524. The van der Waals surface area contributed by atoms with Crippen molar-refractivity contribution in [2.45, 2.75) is 38.0 Å². The maximum absolute atomic E-state index is 13.2. The molecule has 26 heavy (non-hydrogen) atoms. The van der Waals surface area contributed by atoms with Gasteiger partial charge in [0.1, 0.15) is 0 Å². The van der Waals surface area contributed by atoms with Crippen molar-refractivity contribution in [2.75, 3.05) is 26.3 Å². The minimum atomic E-state index is 0.137. The Morgan fingerprint density at radius 1 is 1.19 bits per heavy atom. The van der Waals surface area contributed by atoms with Crippen LogP contribution in [0.15, 0.2) is 36.5 Å². The van der Waals surface area contributed by atoms with E-state index in [9.17, 15) is 4.79 Å². The molecule has 1 atom stereocenters. The lowest BCUT2D eigenvalue weighted by atomic mass is 9.90. The van der Waals surface area contributed by atoms with E-state index in [4.69, 9.17) is 4.74 Å². The molecule has 1 aromatic heterocycles. The van der Waals surface area contributed by atoms with Gasteiger partial charge in [-0.15, -0.1) is 0 Å². The molecule has 0 aliphatic carbocycles. The summed E-state index contributed by atoms with van der Waals surface area (Å²) < 4.78 is 5.46. The molecule has 2 aliphatic rings. The van der Waals surface area contributed by atoms with E-state index >= 15 is 0 Å². The number of benzene rings is 1. The van der Waals surface area contributed by atoms with Crippen LogP contribution in [0, 0.1) is 5.92 Å². The number of hydrogen-bond donors (Lipinski definition) is 1. The molecule has 3 heterocycles. The first kappa shape index (κ1) is 17.3. The Morgan fingerprint density at radius 3 is 2.81 bits per heavy atom.